The molecule has 0 bridgehead atoms. The molecular formula is C28H35N7O12S. The van der Waals surface area contributed by atoms with E-state index in [2.05, 4.69) is 26.3 Å². The summed E-state index contributed by atoms with van der Waals surface area (Å²) in [6.45, 7) is -0.639. The van der Waals surface area contributed by atoms with Crippen LogP contribution in [0.25, 0.3) is 0 Å². The van der Waals surface area contributed by atoms with Gasteiger partial charge in [-0.25, -0.2) is 13.5 Å². The van der Waals surface area contributed by atoms with Gasteiger partial charge in [-0.3, -0.25) is 39.5 Å². The maximum absolute atomic E-state index is 13.1. The summed E-state index contributed by atoms with van der Waals surface area (Å²) in [7, 11) is -3.97. The lowest BCUT2D eigenvalue weighted by molar-refractivity contribution is -0.173. The topological polar surface area (TPSA) is 310 Å². The van der Waals surface area contributed by atoms with Crippen LogP contribution in [-0.4, -0.2) is 113 Å². The summed E-state index contributed by atoms with van der Waals surface area (Å²) >= 11 is 0. The SMILES string of the molecule is CS(=O)(=O)c1ccc(C(=O)N[C@H](CCCN=C(N)NC(=O)c2cccc(O)c2O)C(=O)NCC(=O)N[C@H]2CCCN(O)C2=O)c(O)c1O. The monoisotopic (exact) mass is 693 g/mol. The zero-order valence-corrected chi connectivity index (χ0v) is 26.3. The van der Waals surface area contributed by atoms with E-state index >= 15 is 0 Å². The maximum Gasteiger partial charge on any atom is 0.268 e. The Morgan fingerprint density at radius 1 is 1.02 bits per heavy atom. The molecule has 0 aliphatic carbocycles. The van der Waals surface area contributed by atoms with Crippen LogP contribution < -0.4 is 27.0 Å². The van der Waals surface area contributed by atoms with Crippen LogP contribution in [0, 0.1) is 0 Å². The molecule has 0 radical (unpaired) electrons. The van der Waals surface area contributed by atoms with Crippen molar-refractivity contribution in [2.45, 2.75) is 42.7 Å². The number of hydrogen-bond acceptors (Lipinski definition) is 13. The molecule has 1 aliphatic heterocycles. The molecule has 0 unspecified atom stereocenters. The molecule has 1 fully saturated rings. The lowest BCUT2D eigenvalue weighted by Gasteiger charge is -2.27. The van der Waals surface area contributed by atoms with Gasteiger partial charge in [-0.05, 0) is 49.9 Å². The number of nitrogens with two attached hydrogens (primary N) is 1. The number of amides is 5. The van der Waals surface area contributed by atoms with Crippen molar-refractivity contribution in [2.75, 3.05) is 25.9 Å². The highest BCUT2D eigenvalue weighted by atomic mass is 32.2. The molecule has 2 aromatic rings. The van der Waals surface area contributed by atoms with Crippen molar-refractivity contribution in [3.05, 3.63) is 41.5 Å². The molecule has 1 saturated heterocycles. The van der Waals surface area contributed by atoms with E-state index in [9.17, 15) is 58.0 Å². The van der Waals surface area contributed by atoms with Gasteiger partial charge in [0.2, 0.25) is 11.8 Å². The highest BCUT2D eigenvalue weighted by Crippen LogP contribution is 2.35. The third-order valence-corrected chi connectivity index (χ3v) is 8.12. The molecule has 1 aliphatic rings. The van der Waals surface area contributed by atoms with E-state index < -0.39 is 91.5 Å². The van der Waals surface area contributed by atoms with E-state index in [0.29, 0.717) is 11.5 Å². The Kier molecular flexibility index (Phi) is 12.1. The molecule has 48 heavy (non-hydrogen) atoms. The van der Waals surface area contributed by atoms with Gasteiger partial charge in [0.25, 0.3) is 17.7 Å². The van der Waals surface area contributed by atoms with E-state index in [1.165, 1.54) is 12.1 Å². The fourth-order valence-corrected chi connectivity index (χ4v) is 5.27. The van der Waals surface area contributed by atoms with Gasteiger partial charge < -0.3 is 42.1 Å². The van der Waals surface area contributed by atoms with E-state index in [0.717, 1.165) is 24.5 Å². The van der Waals surface area contributed by atoms with Crippen LogP contribution in [-0.2, 0) is 24.2 Å². The summed E-state index contributed by atoms with van der Waals surface area (Å²) in [5, 5.41) is 59.2. The predicted octanol–water partition coefficient (Wildman–Crippen LogP) is -1.85. The lowest BCUT2D eigenvalue weighted by Crippen LogP contribution is -2.54. The molecule has 0 spiro atoms. The summed E-state index contributed by atoms with van der Waals surface area (Å²) in [6, 6.07) is 3.12. The first-order chi connectivity index (χ1) is 22.5. The Hall–Kier alpha value is -5.63. The van der Waals surface area contributed by atoms with E-state index in [1.807, 2.05) is 0 Å². The van der Waals surface area contributed by atoms with Gasteiger partial charge in [0, 0.05) is 19.3 Å². The predicted molar refractivity (Wildman–Crippen MR) is 165 cm³/mol. The summed E-state index contributed by atoms with van der Waals surface area (Å²) in [4.78, 5) is 66.2. The number of hydrogen-bond donors (Lipinski definition) is 10. The van der Waals surface area contributed by atoms with Crippen LogP contribution in [0.2, 0.25) is 0 Å². The number of aromatic hydroxyl groups is 4. The van der Waals surface area contributed by atoms with Gasteiger partial charge in [0.15, 0.2) is 38.8 Å². The van der Waals surface area contributed by atoms with Crippen LogP contribution >= 0.6 is 0 Å². The Balaban J connectivity index is 1.69. The number of carbonyl (C=O) groups is 5. The van der Waals surface area contributed by atoms with Gasteiger partial charge in [-0.2, -0.15) is 0 Å². The number of hydroxylamine groups is 2. The maximum atomic E-state index is 13.1. The number of phenols is 4. The first-order valence-electron chi connectivity index (χ1n) is 14.3. The molecule has 3 rings (SSSR count). The number of sulfone groups is 1. The summed E-state index contributed by atoms with van der Waals surface area (Å²) in [5.41, 5.74) is 4.88. The Labute approximate surface area is 273 Å². The number of carbonyl (C=O) groups excluding carboxylic acids is 5. The van der Waals surface area contributed by atoms with Gasteiger partial charge in [0.05, 0.1) is 17.7 Å². The van der Waals surface area contributed by atoms with Crippen molar-refractivity contribution in [3.8, 4) is 23.0 Å². The third-order valence-electron chi connectivity index (χ3n) is 6.99. The smallest absolute Gasteiger partial charge is 0.268 e. The van der Waals surface area contributed by atoms with Gasteiger partial charge >= 0.3 is 0 Å². The number of guanidine groups is 1. The number of benzene rings is 2. The average Bonchev–Trinajstić information content (AvgIpc) is 3.01. The molecule has 11 N–H and O–H groups in total. The largest absolute Gasteiger partial charge is 0.504 e. The first kappa shape index (κ1) is 36.8. The number of rotatable bonds is 12. The zero-order chi connectivity index (χ0) is 35.8. The normalized spacial score (nSPS) is 15.7. The number of nitrogens with one attached hydrogen (secondary N) is 4. The quantitative estimate of drug-likeness (QED) is 0.0384. The van der Waals surface area contributed by atoms with Crippen LogP contribution in [0.3, 0.4) is 0 Å². The van der Waals surface area contributed by atoms with Gasteiger partial charge in [-0.15, -0.1) is 0 Å². The minimum absolute atomic E-state index is 0.0334. The van der Waals surface area contributed by atoms with Crippen molar-refractivity contribution >= 4 is 45.3 Å². The molecule has 19 nitrogen and oxygen atoms in total. The highest BCUT2D eigenvalue weighted by Gasteiger charge is 2.30. The minimum atomic E-state index is -3.97. The molecule has 5 amide bonds. The molecule has 0 saturated carbocycles. The average molecular weight is 694 g/mol. The lowest BCUT2D eigenvalue weighted by atomic mass is 10.1. The summed E-state index contributed by atoms with van der Waals surface area (Å²) in [5.74, 6) is -8.07. The van der Waals surface area contributed by atoms with Crippen LogP contribution in [0.4, 0.5) is 0 Å². The van der Waals surface area contributed by atoms with Gasteiger partial charge in [-0.1, -0.05) is 6.07 Å². The highest BCUT2D eigenvalue weighted by molar-refractivity contribution is 7.90. The number of para-hydroxylation sites is 1. The van der Waals surface area contributed by atoms with E-state index in [-0.39, 0.29) is 43.9 Å². The van der Waals surface area contributed by atoms with Gasteiger partial charge in [0.1, 0.15) is 17.0 Å². The zero-order valence-electron chi connectivity index (χ0n) is 25.5. The van der Waals surface area contributed by atoms with Crippen LogP contribution in [0.1, 0.15) is 46.4 Å². The van der Waals surface area contributed by atoms with Crippen molar-refractivity contribution in [3.63, 3.8) is 0 Å². The first-order valence-corrected chi connectivity index (χ1v) is 16.2. The van der Waals surface area contributed by atoms with Crippen LogP contribution in [0.5, 0.6) is 23.0 Å². The minimum Gasteiger partial charge on any atom is -0.504 e. The second kappa shape index (κ2) is 15.8. The number of aliphatic imine (C=N–C) groups is 1. The molecule has 1 heterocycles. The van der Waals surface area contributed by atoms with E-state index in [1.54, 1.807) is 0 Å². The summed E-state index contributed by atoms with van der Waals surface area (Å²) in [6.07, 6.45) is 1.34. The third kappa shape index (κ3) is 9.45. The second-order valence-corrected chi connectivity index (χ2v) is 12.6. The summed E-state index contributed by atoms with van der Waals surface area (Å²) < 4.78 is 23.7. The van der Waals surface area contributed by atoms with Crippen molar-refractivity contribution in [1.29, 1.82) is 0 Å². The van der Waals surface area contributed by atoms with Crippen molar-refractivity contribution in [2.24, 2.45) is 10.7 Å². The Bertz CT molecular complexity index is 1730. The molecule has 2 aromatic carbocycles. The number of piperidine rings is 1. The second-order valence-electron chi connectivity index (χ2n) is 10.6. The molecule has 260 valence electrons. The number of nitrogens with zero attached hydrogens (tertiary/aromatic N) is 2. The van der Waals surface area contributed by atoms with E-state index in [4.69, 9.17) is 5.73 Å². The van der Waals surface area contributed by atoms with Crippen molar-refractivity contribution < 1.29 is 58.0 Å². The standard InChI is InChI=1S/C28H35N7O12S/c1-48(46,47)19-10-9-15(22(39)23(19)40)24(41)33-16(26(43)31-13-20(37)32-17-7-4-12-35(45)27(17)44)6-3-11-30-28(29)34-25(42)14-5-2-8-18(36)21(14)38/h2,5,8-10,16-17,36,38-40,45H,3-4,6-7,11-13H2,1H3,(H,31,43)(H,32,37)(H,33,41)(H3,29,30,34,42)/t16-,17+/m1/s1. The molecule has 2 atom stereocenters. The van der Waals surface area contributed by atoms with Crippen molar-refractivity contribution in [1.82, 2.24) is 26.3 Å². The van der Waals surface area contributed by atoms with Crippen LogP contribution in [0.15, 0.2) is 40.2 Å². The fraction of sp³-hybridized carbons (Fsp3) is 0.357. The molecular weight excluding hydrogens is 658 g/mol. The molecule has 0 aromatic heterocycles. The Morgan fingerprint density at radius 2 is 1.71 bits per heavy atom. The fourth-order valence-electron chi connectivity index (χ4n) is 4.51. The number of phenolic OH excluding ortho intramolecular Hbond substituents is 4. The molecule has 20 heteroatoms. The Morgan fingerprint density at radius 3 is 2.40 bits per heavy atom.